The largest absolute Gasteiger partial charge is 0.352 e. The summed E-state index contributed by atoms with van der Waals surface area (Å²) in [6.45, 7) is 5.51. The standard InChI is InChI=1S/C15H29N3O/c1-12(11-18-8-2-3-9-18)17-15(19)10-13-4-6-14(16)7-5-13/h12-14H,2-11,16H2,1H3,(H,17,19). The zero-order chi connectivity index (χ0) is 13.7. The van der Waals surface area contributed by atoms with Crippen LogP contribution in [0.4, 0.5) is 0 Å². The van der Waals surface area contributed by atoms with E-state index in [2.05, 4.69) is 17.1 Å². The number of carbonyl (C=O) groups excluding carboxylic acids is 1. The molecule has 0 aromatic heterocycles. The van der Waals surface area contributed by atoms with Gasteiger partial charge in [0.05, 0.1) is 0 Å². The topological polar surface area (TPSA) is 58.4 Å². The van der Waals surface area contributed by atoms with Gasteiger partial charge in [-0.15, -0.1) is 0 Å². The highest BCUT2D eigenvalue weighted by atomic mass is 16.1. The Morgan fingerprint density at radius 1 is 1.26 bits per heavy atom. The van der Waals surface area contributed by atoms with Gasteiger partial charge in [-0.05, 0) is 64.5 Å². The lowest BCUT2D eigenvalue weighted by atomic mass is 9.84. The fourth-order valence-electron chi connectivity index (χ4n) is 3.39. The molecule has 3 N–H and O–H groups in total. The van der Waals surface area contributed by atoms with Gasteiger partial charge in [0.25, 0.3) is 0 Å². The number of carbonyl (C=O) groups is 1. The highest BCUT2D eigenvalue weighted by Gasteiger charge is 2.22. The smallest absolute Gasteiger partial charge is 0.220 e. The van der Waals surface area contributed by atoms with Crippen LogP contribution in [0, 0.1) is 5.92 Å². The molecule has 1 saturated carbocycles. The number of hydrogen-bond donors (Lipinski definition) is 2. The van der Waals surface area contributed by atoms with Gasteiger partial charge in [-0.3, -0.25) is 4.79 Å². The minimum atomic E-state index is 0.229. The minimum Gasteiger partial charge on any atom is -0.352 e. The van der Waals surface area contributed by atoms with Crippen molar-refractivity contribution in [2.75, 3.05) is 19.6 Å². The summed E-state index contributed by atoms with van der Waals surface area (Å²) in [7, 11) is 0. The molecule has 0 aromatic rings. The first-order chi connectivity index (χ1) is 9.13. The van der Waals surface area contributed by atoms with Crippen LogP contribution in [0.3, 0.4) is 0 Å². The summed E-state index contributed by atoms with van der Waals surface area (Å²) in [4.78, 5) is 14.5. The first kappa shape index (κ1) is 14.8. The lowest BCUT2D eigenvalue weighted by Crippen LogP contribution is -2.41. The van der Waals surface area contributed by atoms with Crippen molar-refractivity contribution in [1.82, 2.24) is 10.2 Å². The van der Waals surface area contributed by atoms with Gasteiger partial charge in [0.1, 0.15) is 0 Å². The zero-order valence-corrected chi connectivity index (χ0v) is 12.2. The van der Waals surface area contributed by atoms with E-state index in [0.29, 0.717) is 18.4 Å². The molecule has 1 heterocycles. The highest BCUT2D eigenvalue weighted by molar-refractivity contribution is 5.76. The van der Waals surface area contributed by atoms with Crippen molar-refractivity contribution in [2.24, 2.45) is 11.7 Å². The molecule has 2 fully saturated rings. The Balaban J connectivity index is 1.62. The van der Waals surface area contributed by atoms with Crippen molar-refractivity contribution in [3.05, 3.63) is 0 Å². The molecular formula is C15H29N3O. The van der Waals surface area contributed by atoms with Crippen LogP contribution in [0.1, 0.15) is 51.9 Å². The van der Waals surface area contributed by atoms with Crippen molar-refractivity contribution in [3.63, 3.8) is 0 Å². The van der Waals surface area contributed by atoms with Crippen LogP contribution < -0.4 is 11.1 Å². The second-order valence-corrected chi connectivity index (χ2v) is 6.46. The molecule has 1 saturated heterocycles. The van der Waals surface area contributed by atoms with Crippen LogP contribution in [0.25, 0.3) is 0 Å². The van der Waals surface area contributed by atoms with Crippen LogP contribution in [0.15, 0.2) is 0 Å². The molecule has 1 aliphatic carbocycles. The van der Waals surface area contributed by atoms with E-state index < -0.39 is 0 Å². The van der Waals surface area contributed by atoms with E-state index in [4.69, 9.17) is 5.73 Å². The van der Waals surface area contributed by atoms with Gasteiger partial charge >= 0.3 is 0 Å². The van der Waals surface area contributed by atoms with Crippen molar-refractivity contribution in [1.29, 1.82) is 0 Å². The monoisotopic (exact) mass is 267 g/mol. The third-order valence-electron chi connectivity index (χ3n) is 4.50. The van der Waals surface area contributed by atoms with Crippen molar-refractivity contribution < 1.29 is 4.79 Å². The van der Waals surface area contributed by atoms with Gasteiger partial charge < -0.3 is 16.0 Å². The molecule has 0 aromatic carbocycles. The maximum atomic E-state index is 12.0. The van der Waals surface area contributed by atoms with Gasteiger partial charge in [-0.25, -0.2) is 0 Å². The van der Waals surface area contributed by atoms with Crippen LogP contribution in [-0.4, -0.2) is 42.5 Å². The van der Waals surface area contributed by atoms with Crippen LogP contribution in [0.5, 0.6) is 0 Å². The Hall–Kier alpha value is -0.610. The fourth-order valence-corrected chi connectivity index (χ4v) is 3.39. The number of nitrogens with one attached hydrogen (secondary N) is 1. The summed E-state index contributed by atoms with van der Waals surface area (Å²) >= 11 is 0. The molecule has 110 valence electrons. The van der Waals surface area contributed by atoms with Gasteiger partial charge in [0.15, 0.2) is 0 Å². The number of amides is 1. The summed E-state index contributed by atoms with van der Waals surface area (Å²) in [6.07, 6.45) is 7.72. The molecule has 2 aliphatic rings. The normalized spacial score (nSPS) is 30.2. The van der Waals surface area contributed by atoms with E-state index in [1.165, 1.54) is 25.9 Å². The Labute approximate surface area is 117 Å². The molecule has 0 bridgehead atoms. The summed E-state index contributed by atoms with van der Waals surface area (Å²) in [5.41, 5.74) is 5.89. The predicted octanol–water partition coefficient (Wildman–Crippen LogP) is 1.49. The molecular weight excluding hydrogens is 238 g/mol. The van der Waals surface area contributed by atoms with Crippen LogP contribution >= 0.6 is 0 Å². The van der Waals surface area contributed by atoms with E-state index >= 15 is 0 Å². The maximum absolute atomic E-state index is 12.0. The SMILES string of the molecule is CC(CN1CCCC1)NC(=O)CC1CCC(N)CC1. The summed E-state index contributed by atoms with van der Waals surface area (Å²) in [5, 5.41) is 3.15. The lowest BCUT2D eigenvalue weighted by Gasteiger charge is -2.26. The maximum Gasteiger partial charge on any atom is 0.220 e. The molecule has 4 nitrogen and oxygen atoms in total. The van der Waals surface area contributed by atoms with E-state index in [9.17, 15) is 4.79 Å². The quantitative estimate of drug-likeness (QED) is 0.793. The molecule has 1 atom stereocenters. The predicted molar refractivity (Wildman–Crippen MR) is 77.8 cm³/mol. The molecule has 0 radical (unpaired) electrons. The molecule has 1 aliphatic heterocycles. The first-order valence-electron chi connectivity index (χ1n) is 7.91. The lowest BCUT2D eigenvalue weighted by molar-refractivity contribution is -0.123. The molecule has 19 heavy (non-hydrogen) atoms. The Morgan fingerprint density at radius 2 is 1.89 bits per heavy atom. The van der Waals surface area contributed by atoms with E-state index in [1.807, 2.05) is 0 Å². The highest BCUT2D eigenvalue weighted by Crippen LogP contribution is 2.25. The van der Waals surface area contributed by atoms with Crippen molar-refractivity contribution >= 4 is 5.91 Å². The number of hydrogen-bond acceptors (Lipinski definition) is 3. The molecule has 0 spiro atoms. The first-order valence-corrected chi connectivity index (χ1v) is 7.91. The number of nitrogens with zero attached hydrogens (tertiary/aromatic N) is 1. The van der Waals surface area contributed by atoms with Gasteiger partial charge in [0.2, 0.25) is 5.91 Å². The Bertz CT molecular complexity index is 281. The Kier molecular flexibility index (Phi) is 5.64. The van der Waals surface area contributed by atoms with Gasteiger partial charge in [0, 0.05) is 25.0 Å². The number of nitrogens with two attached hydrogens (primary N) is 1. The molecule has 4 heteroatoms. The summed E-state index contributed by atoms with van der Waals surface area (Å²) in [5.74, 6) is 0.783. The second kappa shape index (κ2) is 7.25. The molecule has 1 unspecified atom stereocenters. The van der Waals surface area contributed by atoms with Crippen LogP contribution in [-0.2, 0) is 4.79 Å². The number of rotatable bonds is 5. The van der Waals surface area contributed by atoms with E-state index in [0.717, 1.165) is 32.2 Å². The fraction of sp³-hybridized carbons (Fsp3) is 0.933. The Morgan fingerprint density at radius 3 is 2.53 bits per heavy atom. The average Bonchev–Trinajstić information content (AvgIpc) is 2.84. The number of likely N-dealkylation sites (tertiary alicyclic amines) is 1. The van der Waals surface area contributed by atoms with Crippen LogP contribution in [0.2, 0.25) is 0 Å². The van der Waals surface area contributed by atoms with Gasteiger partial charge in [-0.1, -0.05) is 0 Å². The molecule has 2 rings (SSSR count). The average molecular weight is 267 g/mol. The zero-order valence-electron chi connectivity index (χ0n) is 12.2. The van der Waals surface area contributed by atoms with Crippen molar-refractivity contribution in [3.8, 4) is 0 Å². The second-order valence-electron chi connectivity index (χ2n) is 6.46. The van der Waals surface area contributed by atoms with Gasteiger partial charge in [-0.2, -0.15) is 0 Å². The van der Waals surface area contributed by atoms with E-state index in [-0.39, 0.29) is 11.9 Å². The third kappa shape index (κ3) is 5.11. The van der Waals surface area contributed by atoms with E-state index in [1.54, 1.807) is 0 Å². The summed E-state index contributed by atoms with van der Waals surface area (Å²) < 4.78 is 0. The summed E-state index contributed by atoms with van der Waals surface area (Å²) in [6, 6.07) is 0.643. The minimum absolute atomic E-state index is 0.229. The molecule has 1 amide bonds. The third-order valence-corrected chi connectivity index (χ3v) is 4.50. The van der Waals surface area contributed by atoms with Crippen molar-refractivity contribution in [2.45, 2.75) is 64.0 Å².